The summed E-state index contributed by atoms with van der Waals surface area (Å²) in [5.74, 6) is -0.0519. The van der Waals surface area contributed by atoms with E-state index in [1.54, 1.807) is 19.1 Å². The predicted molar refractivity (Wildman–Crippen MR) is 126 cm³/mol. The summed E-state index contributed by atoms with van der Waals surface area (Å²) in [6, 6.07) is 10.0. The van der Waals surface area contributed by atoms with E-state index in [4.69, 9.17) is 16.3 Å². The molecule has 2 aromatic rings. The van der Waals surface area contributed by atoms with Gasteiger partial charge in [0.1, 0.15) is 11.8 Å². The Hall–Kier alpha value is -2.25. The summed E-state index contributed by atoms with van der Waals surface area (Å²) in [5, 5.41) is 3.28. The molecule has 2 rings (SSSR count). The maximum Gasteiger partial charge on any atom is 0.244 e. The SMILES string of the molecule is CCc1ccc(CC)c(CNC(=O)[C@@H](CC)N(c2cc(Cl)ccc2OC)S(C)(=O)=O)c1. The second kappa shape index (κ2) is 10.9. The summed E-state index contributed by atoms with van der Waals surface area (Å²) < 4.78 is 31.9. The first-order valence-electron chi connectivity index (χ1n) is 10.4. The van der Waals surface area contributed by atoms with Crippen LogP contribution in [-0.4, -0.2) is 33.7 Å². The van der Waals surface area contributed by atoms with Crippen molar-refractivity contribution in [2.45, 2.75) is 52.6 Å². The van der Waals surface area contributed by atoms with Gasteiger partial charge in [0.2, 0.25) is 15.9 Å². The van der Waals surface area contributed by atoms with Crippen LogP contribution >= 0.6 is 11.6 Å². The molecule has 1 amide bonds. The highest BCUT2D eigenvalue weighted by Gasteiger charge is 2.33. The van der Waals surface area contributed by atoms with Crippen molar-refractivity contribution in [1.29, 1.82) is 0 Å². The van der Waals surface area contributed by atoms with E-state index in [-0.39, 0.29) is 18.0 Å². The van der Waals surface area contributed by atoms with Crippen molar-refractivity contribution in [2.75, 3.05) is 17.7 Å². The van der Waals surface area contributed by atoms with Crippen LogP contribution in [0.3, 0.4) is 0 Å². The van der Waals surface area contributed by atoms with Gasteiger partial charge in [-0.2, -0.15) is 0 Å². The van der Waals surface area contributed by atoms with Crippen molar-refractivity contribution in [1.82, 2.24) is 5.32 Å². The Bertz CT molecular complexity index is 1020. The fourth-order valence-electron chi connectivity index (χ4n) is 3.58. The summed E-state index contributed by atoms with van der Waals surface area (Å²) in [4.78, 5) is 13.2. The van der Waals surface area contributed by atoms with Crippen LogP contribution in [0.1, 0.15) is 43.9 Å². The highest BCUT2D eigenvalue weighted by molar-refractivity contribution is 7.92. The van der Waals surface area contributed by atoms with Crippen LogP contribution in [0, 0.1) is 0 Å². The summed E-state index contributed by atoms with van der Waals surface area (Å²) in [7, 11) is -2.35. The molecule has 0 spiro atoms. The van der Waals surface area contributed by atoms with Gasteiger partial charge in [0.15, 0.2) is 0 Å². The van der Waals surface area contributed by atoms with Crippen LogP contribution in [0.5, 0.6) is 5.75 Å². The van der Waals surface area contributed by atoms with Gasteiger partial charge in [-0.1, -0.05) is 50.6 Å². The molecule has 1 atom stereocenters. The zero-order valence-electron chi connectivity index (χ0n) is 18.7. The van der Waals surface area contributed by atoms with Gasteiger partial charge in [0.25, 0.3) is 0 Å². The van der Waals surface area contributed by atoms with Crippen LogP contribution in [0.2, 0.25) is 5.02 Å². The zero-order chi connectivity index (χ0) is 23.2. The number of aryl methyl sites for hydroxylation is 2. The molecule has 8 heteroatoms. The van der Waals surface area contributed by atoms with E-state index in [0.29, 0.717) is 17.3 Å². The maximum absolute atomic E-state index is 13.2. The second-order valence-electron chi connectivity index (χ2n) is 7.33. The van der Waals surface area contributed by atoms with Gasteiger partial charge in [-0.05, 0) is 54.2 Å². The summed E-state index contributed by atoms with van der Waals surface area (Å²) in [6.07, 6.45) is 3.11. The Morgan fingerprint density at radius 2 is 1.81 bits per heavy atom. The lowest BCUT2D eigenvalue weighted by atomic mass is 10.0. The number of methoxy groups -OCH3 is 1. The first-order valence-corrected chi connectivity index (χ1v) is 12.6. The van der Waals surface area contributed by atoms with Crippen molar-refractivity contribution in [2.24, 2.45) is 0 Å². The Balaban J connectivity index is 2.38. The van der Waals surface area contributed by atoms with Crippen LogP contribution in [0.25, 0.3) is 0 Å². The number of hydrogen-bond donors (Lipinski definition) is 1. The lowest BCUT2D eigenvalue weighted by molar-refractivity contribution is -0.122. The number of halogens is 1. The molecular weight excluding hydrogens is 436 g/mol. The van der Waals surface area contributed by atoms with E-state index in [0.717, 1.165) is 34.5 Å². The number of nitrogens with one attached hydrogen (secondary N) is 1. The molecule has 0 radical (unpaired) electrons. The summed E-state index contributed by atoms with van der Waals surface area (Å²) in [5.41, 5.74) is 3.62. The van der Waals surface area contributed by atoms with Gasteiger partial charge < -0.3 is 10.1 Å². The number of ether oxygens (including phenoxy) is 1. The largest absolute Gasteiger partial charge is 0.495 e. The molecule has 0 bridgehead atoms. The lowest BCUT2D eigenvalue weighted by Crippen LogP contribution is -2.49. The van der Waals surface area contributed by atoms with Gasteiger partial charge in [-0.15, -0.1) is 0 Å². The average Bonchev–Trinajstić information content (AvgIpc) is 2.74. The van der Waals surface area contributed by atoms with Crippen LogP contribution in [-0.2, 0) is 34.2 Å². The van der Waals surface area contributed by atoms with Crippen LogP contribution in [0.4, 0.5) is 5.69 Å². The van der Waals surface area contributed by atoms with Crippen molar-refractivity contribution in [3.63, 3.8) is 0 Å². The second-order valence-corrected chi connectivity index (χ2v) is 9.62. The Labute approximate surface area is 190 Å². The third-order valence-corrected chi connectivity index (χ3v) is 6.62. The maximum atomic E-state index is 13.2. The van der Waals surface area contributed by atoms with E-state index in [1.165, 1.54) is 18.7 Å². The fourth-order valence-corrected chi connectivity index (χ4v) is 4.95. The number of carbonyl (C=O) groups is 1. The molecule has 0 aliphatic rings. The molecule has 1 N–H and O–H groups in total. The van der Waals surface area contributed by atoms with Crippen molar-refractivity contribution in [3.8, 4) is 5.75 Å². The number of rotatable bonds is 10. The number of amides is 1. The molecule has 0 saturated carbocycles. The van der Waals surface area contributed by atoms with E-state index in [9.17, 15) is 13.2 Å². The quantitative estimate of drug-likeness (QED) is 0.565. The molecule has 0 heterocycles. The standard InChI is InChI=1S/C23H31ClN2O4S/c1-6-16-9-10-17(7-2)18(13-16)15-25-23(27)20(8-3)26(31(5,28)29)21-14-19(24)11-12-22(21)30-4/h9-14,20H,6-8,15H2,1-5H3,(H,25,27)/t20-/m1/s1. The van der Waals surface area contributed by atoms with E-state index < -0.39 is 16.1 Å². The Morgan fingerprint density at radius 3 is 2.35 bits per heavy atom. The molecule has 6 nitrogen and oxygen atoms in total. The molecule has 0 unspecified atom stereocenters. The lowest BCUT2D eigenvalue weighted by Gasteiger charge is -2.31. The fraction of sp³-hybridized carbons (Fsp3) is 0.435. The molecule has 31 heavy (non-hydrogen) atoms. The number of benzene rings is 2. The third-order valence-electron chi connectivity index (χ3n) is 5.22. The smallest absolute Gasteiger partial charge is 0.244 e. The minimum absolute atomic E-state index is 0.238. The van der Waals surface area contributed by atoms with Gasteiger partial charge in [-0.25, -0.2) is 8.42 Å². The van der Waals surface area contributed by atoms with Gasteiger partial charge in [-0.3, -0.25) is 9.10 Å². The zero-order valence-corrected chi connectivity index (χ0v) is 20.3. The first-order chi connectivity index (χ1) is 14.7. The van der Waals surface area contributed by atoms with Gasteiger partial charge in [0, 0.05) is 11.6 Å². The monoisotopic (exact) mass is 466 g/mol. The van der Waals surface area contributed by atoms with E-state index in [1.807, 2.05) is 0 Å². The molecule has 0 aliphatic carbocycles. The topological polar surface area (TPSA) is 75.7 Å². The van der Waals surface area contributed by atoms with Gasteiger partial charge >= 0.3 is 0 Å². The van der Waals surface area contributed by atoms with Crippen molar-refractivity contribution < 1.29 is 17.9 Å². The number of sulfonamides is 1. The molecule has 0 fully saturated rings. The molecule has 2 aromatic carbocycles. The predicted octanol–water partition coefficient (Wildman–Crippen LogP) is 4.33. The van der Waals surface area contributed by atoms with E-state index >= 15 is 0 Å². The first kappa shape index (κ1) is 25.0. The minimum Gasteiger partial charge on any atom is -0.495 e. The number of nitrogens with zero attached hydrogens (tertiary/aromatic N) is 1. The van der Waals surface area contributed by atoms with E-state index in [2.05, 4.69) is 37.4 Å². The Morgan fingerprint density at radius 1 is 1.10 bits per heavy atom. The van der Waals surface area contributed by atoms with Crippen LogP contribution < -0.4 is 14.4 Å². The molecular formula is C23H31ClN2O4S. The number of hydrogen-bond acceptors (Lipinski definition) is 4. The highest BCUT2D eigenvalue weighted by Crippen LogP contribution is 2.34. The average molecular weight is 467 g/mol. The number of anilines is 1. The third kappa shape index (κ3) is 6.14. The van der Waals surface area contributed by atoms with Gasteiger partial charge in [0.05, 0.1) is 19.1 Å². The van der Waals surface area contributed by atoms with Crippen LogP contribution in [0.15, 0.2) is 36.4 Å². The minimum atomic E-state index is -3.80. The summed E-state index contributed by atoms with van der Waals surface area (Å²) in [6.45, 7) is 6.25. The van der Waals surface area contributed by atoms with Crippen molar-refractivity contribution in [3.05, 3.63) is 58.1 Å². The normalized spacial score (nSPS) is 12.3. The summed E-state index contributed by atoms with van der Waals surface area (Å²) >= 11 is 6.12. The van der Waals surface area contributed by atoms with Crippen molar-refractivity contribution >= 4 is 33.2 Å². The number of carbonyl (C=O) groups excluding carboxylic acids is 1. The Kier molecular flexibility index (Phi) is 8.77. The molecule has 0 aromatic heterocycles. The highest BCUT2D eigenvalue weighted by atomic mass is 35.5. The molecule has 0 saturated heterocycles. The molecule has 170 valence electrons. The molecule has 0 aliphatic heterocycles.